The van der Waals surface area contributed by atoms with Crippen LogP contribution in [0.3, 0.4) is 0 Å². The fourth-order valence-corrected chi connectivity index (χ4v) is 2.12. The van der Waals surface area contributed by atoms with Gasteiger partial charge in [0.1, 0.15) is 18.0 Å². The van der Waals surface area contributed by atoms with E-state index in [1.54, 1.807) is 49.5 Å². The minimum absolute atomic E-state index is 0.142. The molecule has 20 heavy (non-hydrogen) atoms. The van der Waals surface area contributed by atoms with Crippen molar-refractivity contribution in [1.82, 2.24) is 9.78 Å². The third-order valence-corrected chi connectivity index (χ3v) is 3.15. The molecule has 0 saturated carbocycles. The van der Waals surface area contributed by atoms with E-state index in [1.165, 1.54) is 0 Å². The van der Waals surface area contributed by atoms with Gasteiger partial charge in [-0.05, 0) is 34.7 Å². The van der Waals surface area contributed by atoms with Gasteiger partial charge in [-0.25, -0.2) is 0 Å². The Morgan fingerprint density at radius 3 is 2.80 bits per heavy atom. The van der Waals surface area contributed by atoms with Gasteiger partial charge in [0.05, 0.1) is 29.7 Å². The molecule has 0 aliphatic rings. The maximum absolute atomic E-state index is 12.0. The minimum Gasteiger partial charge on any atom is -0.497 e. The van der Waals surface area contributed by atoms with Crippen LogP contribution in [-0.4, -0.2) is 29.9 Å². The molecule has 1 aromatic carbocycles. The zero-order valence-electron chi connectivity index (χ0n) is 11.1. The van der Waals surface area contributed by atoms with Crippen LogP contribution in [0.1, 0.15) is 0 Å². The van der Waals surface area contributed by atoms with Crippen LogP contribution in [0.15, 0.2) is 30.6 Å². The second-order valence-corrected chi connectivity index (χ2v) is 5.22. The topological polar surface area (TPSA) is 65.4 Å². The first kappa shape index (κ1) is 14.6. The highest BCUT2D eigenvalue weighted by molar-refractivity contribution is 14.1. The molecule has 0 aliphatic heterocycles. The summed E-state index contributed by atoms with van der Waals surface area (Å²) in [4.78, 5) is 12.0. The number of nitrogens with zero attached hydrogens (tertiary/aromatic N) is 2. The minimum atomic E-state index is -0.184. The molecule has 0 bridgehead atoms. The average Bonchev–Trinajstić information content (AvgIpc) is 2.83. The van der Waals surface area contributed by atoms with Gasteiger partial charge in [-0.1, -0.05) is 0 Å². The van der Waals surface area contributed by atoms with Crippen molar-refractivity contribution in [3.8, 4) is 11.5 Å². The van der Waals surface area contributed by atoms with Crippen LogP contribution in [-0.2, 0) is 11.3 Å². The lowest BCUT2D eigenvalue weighted by molar-refractivity contribution is -0.116. The van der Waals surface area contributed by atoms with E-state index >= 15 is 0 Å². The van der Waals surface area contributed by atoms with Gasteiger partial charge in [-0.3, -0.25) is 9.48 Å². The Kier molecular flexibility index (Phi) is 4.83. The van der Waals surface area contributed by atoms with Crippen LogP contribution in [0, 0.1) is 3.57 Å². The van der Waals surface area contributed by atoms with Crippen LogP contribution in [0.4, 0.5) is 5.69 Å². The number of ether oxygens (including phenoxy) is 2. The summed E-state index contributed by atoms with van der Waals surface area (Å²) in [6, 6.07) is 5.22. The highest BCUT2D eigenvalue weighted by Gasteiger charge is 2.10. The van der Waals surface area contributed by atoms with Gasteiger partial charge in [0.25, 0.3) is 0 Å². The monoisotopic (exact) mass is 387 g/mol. The molecule has 1 aromatic heterocycles. The van der Waals surface area contributed by atoms with E-state index in [0.29, 0.717) is 17.2 Å². The van der Waals surface area contributed by atoms with Gasteiger partial charge in [0.15, 0.2) is 0 Å². The number of carbonyl (C=O) groups excluding carboxylic acids is 1. The van der Waals surface area contributed by atoms with E-state index in [2.05, 4.69) is 33.0 Å². The number of aromatic nitrogens is 2. The largest absolute Gasteiger partial charge is 0.497 e. The predicted molar refractivity (Wildman–Crippen MR) is 83.1 cm³/mol. The molecular formula is C13H14IN3O3. The van der Waals surface area contributed by atoms with Crippen molar-refractivity contribution in [2.45, 2.75) is 6.54 Å². The van der Waals surface area contributed by atoms with Gasteiger partial charge < -0.3 is 14.8 Å². The zero-order chi connectivity index (χ0) is 14.5. The lowest BCUT2D eigenvalue weighted by atomic mass is 10.2. The van der Waals surface area contributed by atoms with Crippen molar-refractivity contribution in [2.75, 3.05) is 19.5 Å². The Labute approximate surface area is 130 Å². The summed E-state index contributed by atoms with van der Waals surface area (Å²) in [6.07, 6.45) is 3.49. The van der Waals surface area contributed by atoms with E-state index in [4.69, 9.17) is 9.47 Å². The molecule has 106 valence electrons. The van der Waals surface area contributed by atoms with Crippen molar-refractivity contribution in [2.24, 2.45) is 0 Å². The van der Waals surface area contributed by atoms with E-state index in [1.807, 2.05) is 0 Å². The zero-order valence-corrected chi connectivity index (χ0v) is 13.2. The number of amides is 1. The van der Waals surface area contributed by atoms with Crippen molar-refractivity contribution in [1.29, 1.82) is 0 Å². The fourth-order valence-electron chi connectivity index (χ4n) is 1.67. The normalized spacial score (nSPS) is 10.2. The average molecular weight is 387 g/mol. The van der Waals surface area contributed by atoms with Crippen molar-refractivity contribution in [3.05, 3.63) is 34.2 Å². The van der Waals surface area contributed by atoms with Crippen LogP contribution in [0.5, 0.6) is 11.5 Å². The van der Waals surface area contributed by atoms with E-state index in [-0.39, 0.29) is 12.5 Å². The van der Waals surface area contributed by atoms with Crippen molar-refractivity contribution in [3.63, 3.8) is 0 Å². The molecule has 0 saturated heterocycles. The smallest absolute Gasteiger partial charge is 0.246 e. The molecule has 7 heteroatoms. The summed E-state index contributed by atoms with van der Waals surface area (Å²) < 4.78 is 12.9. The maximum Gasteiger partial charge on any atom is 0.246 e. The van der Waals surface area contributed by atoms with E-state index in [9.17, 15) is 4.79 Å². The third kappa shape index (κ3) is 3.62. The third-order valence-electron chi connectivity index (χ3n) is 2.59. The van der Waals surface area contributed by atoms with Crippen molar-refractivity contribution < 1.29 is 14.3 Å². The van der Waals surface area contributed by atoms with E-state index < -0.39 is 0 Å². The first-order valence-corrected chi connectivity index (χ1v) is 6.90. The molecular weight excluding hydrogens is 373 g/mol. The Balaban J connectivity index is 2.10. The number of hydrogen-bond acceptors (Lipinski definition) is 4. The maximum atomic E-state index is 12.0. The first-order valence-electron chi connectivity index (χ1n) is 5.82. The number of nitrogens with one attached hydrogen (secondary N) is 1. The summed E-state index contributed by atoms with van der Waals surface area (Å²) in [5.41, 5.74) is 0.568. The Morgan fingerprint density at radius 2 is 2.20 bits per heavy atom. The standard InChI is InChI=1S/C13H14IN3O3/c1-19-10-3-4-12(20-2)11(5-10)16-13(18)8-17-7-9(14)6-15-17/h3-7H,8H2,1-2H3,(H,16,18). The molecule has 0 atom stereocenters. The second-order valence-electron chi connectivity index (χ2n) is 3.97. The number of rotatable bonds is 5. The van der Waals surface area contributed by atoms with Gasteiger partial charge in [-0.2, -0.15) is 5.10 Å². The Bertz CT molecular complexity index is 613. The molecule has 2 rings (SSSR count). The molecule has 2 aromatic rings. The number of carbonyl (C=O) groups is 1. The summed E-state index contributed by atoms with van der Waals surface area (Å²) >= 11 is 2.14. The molecule has 0 spiro atoms. The molecule has 6 nitrogen and oxygen atoms in total. The highest BCUT2D eigenvalue weighted by atomic mass is 127. The first-order chi connectivity index (χ1) is 9.62. The highest BCUT2D eigenvalue weighted by Crippen LogP contribution is 2.28. The van der Waals surface area contributed by atoms with Gasteiger partial charge in [-0.15, -0.1) is 0 Å². The van der Waals surface area contributed by atoms with Crippen LogP contribution >= 0.6 is 22.6 Å². The van der Waals surface area contributed by atoms with Gasteiger partial charge in [0, 0.05) is 12.3 Å². The van der Waals surface area contributed by atoms with Crippen LogP contribution < -0.4 is 14.8 Å². The molecule has 1 N–H and O–H groups in total. The summed E-state index contributed by atoms with van der Waals surface area (Å²) in [7, 11) is 3.12. The molecule has 1 amide bonds. The quantitative estimate of drug-likeness (QED) is 0.799. The van der Waals surface area contributed by atoms with Gasteiger partial charge >= 0.3 is 0 Å². The molecule has 0 fully saturated rings. The Hall–Kier alpha value is -1.77. The van der Waals surface area contributed by atoms with E-state index in [0.717, 1.165) is 3.57 Å². The van der Waals surface area contributed by atoms with Crippen molar-refractivity contribution >= 4 is 34.2 Å². The second kappa shape index (κ2) is 6.60. The SMILES string of the molecule is COc1ccc(OC)c(NC(=O)Cn2cc(I)cn2)c1. The van der Waals surface area contributed by atoms with Crippen LogP contribution in [0.2, 0.25) is 0 Å². The fraction of sp³-hybridized carbons (Fsp3) is 0.231. The molecule has 0 radical (unpaired) electrons. The number of anilines is 1. The summed E-state index contributed by atoms with van der Waals surface area (Å²) in [5, 5.41) is 6.85. The number of hydrogen-bond donors (Lipinski definition) is 1. The van der Waals surface area contributed by atoms with Gasteiger partial charge in [0.2, 0.25) is 5.91 Å². The predicted octanol–water partition coefficient (Wildman–Crippen LogP) is 2.14. The number of benzene rings is 1. The number of halogens is 1. The molecule has 0 unspecified atom stereocenters. The van der Waals surface area contributed by atoms with Crippen LogP contribution in [0.25, 0.3) is 0 Å². The molecule has 0 aliphatic carbocycles. The lowest BCUT2D eigenvalue weighted by Gasteiger charge is -2.11. The summed E-state index contributed by atoms with van der Waals surface area (Å²) in [5.74, 6) is 1.04. The number of methoxy groups -OCH3 is 2. The Morgan fingerprint density at radius 1 is 1.40 bits per heavy atom. The summed E-state index contributed by atoms with van der Waals surface area (Å²) in [6.45, 7) is 0.142. The molecule has 1 heterocycles. The lowest BCUT2D eigenvalue weighted by Crippen LogP contribution is -2.19.